The molecular formula is C15H16N4O2S. The lowest BCUT2D eigenvalue weighted by molar-refractivity contribution is 0.0969. The SMILES string of the molecule is C=CC=C(C=C)NC(=O)c1csc2cnc(NCCO)nc12. The summed E-state index contributed by atoms with van der Waals surface area (Å²) in [5.41, 5.74) is 1.60. The molecule has 0 fully saturated rings. The highest BCUT2D eigenvalue weighted by Crippen LogP contribution is 2.24. The smallest absolute Gasteiger partial charge is 0.258 e. The third-order valence-corrected chi connectivity index (χ3v) is 3.64. The molecule has 114 valence electrons. The number of carbonyl (C=O) groups is 1. The standard InChI is InChI=1S/C15H16N4O2S/c1-3-5-10(4-2)18-14(21)11-9-22-12-8-17-15(16-6-7-20)19-13(11)12/h3-5,8-9,20H,1-2,6-7H2,(H,18,21)(H,16,17,19). The van der Waals surface area contributed by atoms with Gasteiger partial charge in [-0.25, -0.2) is 9.97 Å². The van der Waals surface area contributed by atoms with Crippen molar-refractivity contribution in [1.29, 1.82) is 0 Å². The highest BCUT2D eigenvalue weighted by Gasteiger charge is 2.15. The lowest BCUT2D eigenvalue weighted by Crippen LogP contribution is -2.21. The molecule has 0 aliphatic heterocycles. The third kappa shape index (κ3) is 3.57. The van der Waals surface area contributed by atoms with E-state index in [9.17, 15) is 4.79 Å². The summed E-state index contributed by atoms with van der Waals surface area (Å²) in [6.45, 7) is 7.55. The molecule has 0 saturated carbocycles. The molecule has 0 saturated heterocycles. The van der Waals surface area contributed by atoms with E-state index in [0.29, 0.717) is 29.3 Å². The highest BCUT2D eigenvalue weighted by molar-refractivity contribution is 7.17. The molecule has 22 heavy (non-hydrogen) atoms. The second-order valence-electron chi connectivity index (χ2n) is 4.22. The summed E-state index contributed by atoms with van der Waals surface area (Å²) < 4.78 is 0.813. The van der Waals surface area contributed by atoms with E-state index in [1.165, 1.54) is 17.4 Å². The molecule has 0 unspecified atom stereocenters. The summed E-state index contributed by atoms with van der Waals surface area (Å²) in [4.78, 5) is 20.8. The summed E-state index contributed by atoms with van der Waals surface area (Å²) in [7, 11) is 0. The second kappa shape index (κ2) is 7.48. The fourth-order valence-electron chi connectivity index (χ4n) is 1.73. The molecule has 6 nitrogen and oxygen atoms in total. The minimum Gasteiger partial charge on any atom is -0.395 e. The zero-order valence-electron chi connectivity index (χ0n) is 11.9. The number of rotatable bonds is 7. The number of hydrogen-bond acceptors (Lipinski definition) is 6. The van der Waals surface area contributed by atoms with Gasteiger partial charge in [-0.05, 0) is 12.2 Å². The van der Waals surface area contributed by atoms with E-state index in [4.69, 9.17) is 5.11 Å². The molecule has 3 N–H and O–H groups in total. The van der Waals surface area contributed by atoms with Crippen molar-refractivity contribution in [2.75, 3.05) is 18.5 Å². The Labute approximate surface area is 131 Å². The Morgan fingerprint density at radius 2 is 2.27 bits per heavy atom. The van der Waals surface area contributed by atoms with Gasteiger partial charge in [0.05, 0.1) is 28.6 Å². The number of hydrogen-bond donors (Lipinski definition) is 3. The van der Waals surface area contributed by atoms with Crippen LogP contribution in [0.1, 0.15) is 10.4 Å². The van der Waals surface area contributed by atoms with Crippen molar-refractivity contribution in [3.05, 3.63) is 54.2 Å². The Balaban J connectivity index is 2.30. The Kier molecular flexibility index (Phi) is 5.40. The second-order valence-corrected chi connectivity index (χ2v) is 5.13. The van der Waals surface area contributed by atoms with E-state index in [-0.39, 0.29) is 12.5 Å². The first-order valence-electron chi connectivity index (χ1n) is 6.55. The number of aliphatic hydroxyl groups is 1. The van der Waals surface area contributed by atoms with E-state index < -0.39 is 0 Å². The fraction of sp³-hybridized carbons (Fsp3) is 0.133. The van der Waals surface area contributed by atoms with Crippen molar-refractivity contribution < 1.29 is 9.90 Å². The van der Waals surface area contributed by atoms with E-state index in [1.807, 2.05) is 0 Å². The minimum absolute atomic E-state index is 0.0204. The number of nitrogens with zero attached hydrogens (tertiary/aromatic N) is 2. The van der Waals surface area contributed by atoms with E-state index in [0.717, 1.165) is 4.70 Å². The molecule has 0 aliphatic carbocycles. The van der Waals surface area contributed by atoms with Crippen LogP contribution in [-0.4, -0.2) is 34.1 Å². The van der Waals surface area contributed by atoms with Crippen molar-refractivity contribution in [2.24, 2.45) is 0 Å². The van der Waals surface area contributed by atoms with Crippen molar-refractivity contribution in [3.8, 4) is 0 Å². The van der Waals surface area contributed by atoms with Gasteiger partial charge in [0.15, 0.2) is 0 Å². The van der Waals surface area contributed by atoms with Crippen LogP contribution in [0.2, 0.25) is 0 Å². The molecular weight excluding hydrogens is 300 g/mol. The van der Waals surface area contributed by atoms with Crippen LogP contribution in [0.5, 0.6) is 0 Å². The quantitative estimate of drug-likeness (QED) is 0.681. The van der Waals surface area contributed by atoms with E-state index in [2.05, 4.69) is 33.8 Å². The van der Waals surface area contributed by atoms with Crippen molar-refractivity contribution in [1.82, 2.24) is 15.3 Å². The van der Waals surface area contributed by atoms with Gasteiger partial charge < -0.3 is 15.7 Å². The summed E-state index contributed by atoms with van der Waals surface area (Å²) in [6, 6.07) is 0. The van der Waals surface area contributed by atoms with Gasteiger partial charge in [0.2, 0.25) is 5.95 Å². The molecule has 2 aromatic rings. The number of amides is 1. The Bertz CT molecular complexity index is 736. The Hall–Kier alpha value is -2.51. The predicted molar refractivity (Wildman–Crippen MR) is 88.9 cm³/mol. The molecule has 7 heteroatoms. The van der Waals surface area contributed by atoms with Gasteiger partial charge in [0.25, 0.3) is 5.91 Å². The lowest BCUT2D eigenvalue weighted by atomic mass is 10.2. The number of aliphatic hydroxyl groups excluding tert-OH is 1. The maximum Gasteiger partial charge on any atom is 0.258 e. The summed E-state index contributed by atoms with van der Waals surface area (Å²) in [6.07, 6.45) is 6.42. The van der Waals surface area contributed by atoms with Gasteiger partial charge in [-0.1, -0.05) is 19.2 Å². The molecule has 1 amide bonds. The number of allylic oxidation sites excluding steroid dienone is 3. The normalized spacial score (nSPS) is 11.2. The van der Waals surface area contributed by atoms with Crippen LogP contribution in [0.4, 0.5) is 5.95 Å². The van der Waals surface area contributed by atoms with E-state index >= 15 is 0 Å². The van der Waals surface area contributed by atoms with Crippen LogP contribution < -0.4 is 10.6 Å². The first kappa shape index (κ1) is 15.9. The zero-order valence-corrected chi connectivity index (χ0v) is 12.7. The first-order chi connectivity index (χ1) is 10.7. The Morgan fingerprint density at radius 1 is 1.45 bits per heavy atom. The third-order valence-electron chi connectivity index (χ3n) is 2.73. The molecule has 0 atom stereocenters. The lowest BCUT2D eigenvalue weighted by Gasteiger charge is -2.05. The number of aromatic nitrogens is 2. The first-order valence-corrected chi connectivity index (χ1v) is 7.43. The summed E-state index contributed by atoms with van der Waals surface area (Å²) in [5.74, 6) is 0.102. The number of thiophene rings is 1. The largest absolute Gasteiger partial charge is 0.395 e. The van der Waals surface area contributed by atoms with Gasteiger partial charge in [-0.3, -0.25) is 4.79 Å². The minimum atomic E-state index is -0.272. The van der Waals surface area contributed by atoms with Crippen LogP contribution in [-0.2, 0) is 0 Å². The van der Waals surface area contributed by atoms with Crippen LogP contribution in [0.25, 0.3) is 10.2 Å². The van der Waals surface area contributed by atoms with Crippen molar-refractivity contribution >= 4 is 33.4 Å². The Morgan fingerprint density at radius 3 is 2.95 bits per heavy atom. The maximum atomic E-state index is 12.3. The number of nitrogens with one attached hydrogen (secondary N) is 2. The topological polar surface area (TPSA) is 87.1 Å². The van der Waals surface area contributed by atoms with Crippen molar-refractivity contribution in [2.45, 2.75) is 0 Å². The maximum absolute atomic E-state index is 12.3. The van der Waals surface area contributed by atoms with Crippen molar-refractivity contribution in [3.63, 3.8) is 0 Å². The van der Waals surface area contributed by atoms with Crippen LogP contribution >= 0.6 is 11.3 Å². The molecule has 0 spiro atoms. The van der Waals surface area contributed by atoms with Crippen LogP contribution in [0, 0.1) is 0 Å². The molecule has 2 heterocycles. The average molecular weight is 316 g/mol. The molecule has 0 bridgehead atoms. The molecule has 2 aromatic heterocycles. The molecule has 0 aliphatic rings. The van der Waals surface area contributed by atoms with Crippen LogP contribution in [0.3, 0.4) is 0 Å². The van der Waals surface area contributed by atoms with Gasteiger partial charge in [0, 0.05) is 17.6 Å². The van der Waals surface area contributed by atoms with Gasteiger partial charge in [0.1, 0.15) is 0 Å². The van der Waals surface area contributed by atoms with Gasteiger partial charge in [-0.2, -0.15) is 0 Å². The van der Waals surface area contributed by atoms with E-state index in [1.54, 1.807) is 23.7 Å². The van der Waals surface area contributed by atoms with Gasteiger partial charge in [-0.15, -0.1) is 11.3 Å². The monoisotopic (exact) mass is 316 g/mol. The zero-order chi connectivity index (χ0) is 15.9. The highest BCUT2D eigenvalue weighted by atomic mass is 32.1. The molecule has 0 radical (unpaired) electrons. The molecule has 0 aromatic carbocycles. The molecule has 2 rings (SSSR count). The number of fused-ring (bicyclic) bond motifs is 1. The summed E-state index contributed by atoms with van der Waals surface area (Å²) >= 11 is 1.39. The summed E-state index contributed by atoms with van der Waals surface area (Å²) in [5, 5.41) is 16.2. The van der Waals surface area contributed by atoms with Crippen LogP contribution in [0.15, 0.2) is 48.7 Å². The number of anilines is 1. The average Bonchev–Trinajstić information content (AvgIpc) is 2.95. The number of carbonyl (C=O) groups excluding carboxylic acids is 1. The van der Waals surface area contributed by atoms with Gasteiger partial charge >= 0.3 is 0 Å². The fourth-order valence-corrected chi connectivity index (χ4v) is 2.57. The predicted octanol–water partition coefficient (Wildman–Crippen LogP) is 2.08.